The predicted octanol–water partition coefficient (Wildman–Crippen LogP) is 2.26. The molecule has 5 nitrogen and oxygen atoms in total. The minimum Gasteiger partial charge on any atom is -0.482 e. The van der Waals surface area contributed by atoms with Crippen molar-refractivity contribution in [2.45, 2.75) is 19.5 Å². The Hall–Kier alpha value is -2.40. The number of rotatable bonds is 4. The second kappa shape index (κ2) is 5.93. The molecule has 0 unspecified atom stereocenters. The Bertz CT molecular complexity index is 643. The quantitative estimate of drug-likeness (QED) is 0.903. The van der Waals surface area contributed by atoms with E-state index in [-0.39, 0.29) is 18.6 Å². The number of carbonyl (C=O) groups is 1. The van der Waals surface area contributed by atoms with E-state index in [0.717, 1.165) is 29.1 Å². The van der Waals surface area contributed by atoms with Crippen LogP contribution in [0.3, 0.4) is 0 Å². The number of carbonyl (C=O) groups excluding carboxylic acids is 1. The van der Waals surface area contributed by atoms with Crippen molar-refractivity contribution in [3.63, 3.8) is 0 Å². The lowest BCUT2D eigenvalue weighted by molar-refractivity contribution is -0.118. The molecule has 1 amide bonds. The van der Waals surface area contributed by atoms with Crippen LogP contribution in [0.15, 0.2) is 42.7 Å². The fourth-order valence-corrected chi connectivity index (χ4v) is 2.26. The van der Waals surface area contributed by atoms with E-state index in [9.17, 15) is 4.79 Å². The van der Waals surface area contributed by atoms with Crippen molar-refractivity contribution in [2.24, 2.45) is 0 Å². The molecule has 0 saturated heterocycles. The van der Waals surface area contributed by atoms with Crippen LogP contribution in [-0.4, -0.2) is 17.5 Å². The van der Waals surface area contributed by atoms with Crippen molar-refractivity contribution < 1.29 is 9.53 Å². The number of fused-ring (bicyclic) bond motifs is 1. The summed E-state index contributed by atoms with van der Waals surface area (Å²) in [5.74, 6) is 0.605. The van der Waals surface area contributed by atoms with Gasteiger partial charge in [0.15, 0.2) is 6.61 Å². The maximum absolute atomic E-state index is 11.4. The van der Waals surface area contributed by atoms with Gasteiger partial charge in [0.2, 0.25) is 0 Å². The molecule has 1 aliphatic heterocycles. The Morgan fingerprint density at radius 2 is 2.33 bits per heavy atom. The number of ether oxygens (including phenoxy) is 1. The van der Waals surface area contributed by atoms with Gasteiger partial charge in [0.25, 0.3) is 5.91 Å². The third kappa shape index (κ3) is 3.20. The van der Waals surface area contributed by atoms with E-state index < -0.39 is 0 Å². The van der Waals surface area contributed by atoms with Crippen LogP contribution in [0.25, 0.3) is 0 Å². The number of benzene rings is 1. The molecule has 2 N–H and O–H groups in total. The highest BCUT2D eigenvalue weighted by Crippen LogP contribution is 2.30. The van der Waals surface area contributed by atoms with Gasteiger partial charge in [-0.1, -0.05) is 12.1 Å². The SMILES string of the molecule is C[C@H](NCc1cccnc1)c1ccc2c(c1)NC(=O)CO2. The molecular formula is C16H17N3O2. The van der Waals surface area contributed by atoms with Gasteiger partial charge in [-0.3, -0.25) is 9.78 Å². The van der Waals surface area contributed by atoms with Gasteiger partial charge in [0, 0.05) is 25.0 Å². The van der Waals surface area contributed by atoms with E-state index in [1.807, 2.05) is 36.5 Å². The van der Waals surface area contributed by atoms with Crippen LogP contribution in [-0.2, 0) is 11.3 Å². The largest absolute Gasteiger partial charge is 0.482 e. The summed E-state index contributed by atoms with van der Waals surface area (Å²) in [7, 11) is 0. The zero-order valence-electron chi connectivity index (χ0n) is 11.8. The second-order valence-corrected chi connectivity index (χ2v) is 5.06. The first-order chi connectivity index (χ1) is 10.2. The summed E-state index contributed by atoms with van der Waals surface area (Å²) in [4.78, 5) is 15.5. The van der Waals surface area contributed by atoms with Crippen LogP contribution < -0.4 is 15.4 Å². The van der Waals surface area contributed by atoms with Crippen LogP contribution in [0, 0.1) is 0 Å². The molecule has 0 bridgehead atoms. The zero-order chi connectivity index (χ0) is 14.7. The first kappa shape index (κ1) is 13.6. The highest BCUT2D eigenvalue weighted by Gasteiger charge is 2.17. The average molecular weight is 283 g/mol. The van der Waals surface area contributed by atoms with Gasteiger partial charge in [0.1, 0.15) is 5.75 Å². The smallest absolute Gasteiger partial charge is 0.262 e. The Labute approximate surface area is 123 Å². The van der Waals surface area contributed by atoms with E-state index in [4.69, 9.17) is 4.74 Å². The van der Waals surface area contributed by atoms with Gasteiger partial charge in [-0.05, 0) is 36.2 Å². The monoisotopic (exact) mass is 283 g/mol. The number of nitrogens with zero attached hydrogens (tertiary/aromatic N) is 1. The molecule has 3 rings (SSSR count). The molecule has 1 aliphatic rings. The average Bonchev–Trinajstić information content (AvgIpc) is 2.53. The van der Waals surface area contributed by atoms with Gasteiger partial charge < -0.3 is 15.4 Å². The highest BCUT2D eigenvalue weighted by molar-refractivity contribution is 5.95. The molecule has 108 valence electrons. The zero-order valence-corrected chi connectivity index (χ0v) is 11.8. The number of hydrogen-bond donors (Lipinski definition) is 2. The number of amides is 1. The van der Waals surface area contributed by atoms with Crippen molar-refractivity contribution in [2.75, 3.05) is 11.9 Å². The standard InChI is InChI=1S/C16H17N3O2/c1-11(18-9-12-3-2-6-17-8-12)13-4-5-15-14(7-13)19-16(20)10-21-15/h2-8,11,18H,9-10H2,1H3,(H,19,20)/t11-/m0/s1. The van der Waals surface area contributed by atoms with Crippen molar-refractivity contribution >= 4 is 11.6 Å². The maximum Gasteiger partial charge on any atom is 0.262 e. The molecule has 1 aromatic carbocycles. The predicted molar refractivity (Wildman–Crippen MR) is 80.1 cm³/mol. The molecule has 0 radical (unpaired) electrons. The Kier molecular flexibility index (Phi) is 3.83. The third-order valence-electron chi connectivity index (χ3n) is 3.47. The lowest BCUT2D eigenvalue weighted by Gasteiger charge is -2.21. The first-order valence-corrected chi connectivity index (χ1v) is 6.91. The van der Waals surface area contributed by atoms with Crippen LogP contribution in [0.4, 0.5) is 5.69 Å². The van der Waals surface area contributed by atoms with Crippen LogP contribution >= 0.6 is 0 Å². The van der Waals surface area contributed by atoms with E-state index in [2.05, 4.69) is 22.5 Å². The van der Waals surface area contributed by atoms with E-state index in [0.29, 0.717) is 0 Å². The Balaban J connectivity index is 1.69. The van der Waals surface area contributed by atoms with E-state index in [1.165, 1.54) is 0 Å². The molecule has 2 aromatic rings. The van der Waals surface area contributed by atoms with Gasteiger partial charge in [0.05, 0.1) is 5.69 Å². The maximum atomic E-state index is 11.4. The summed E-state index contributed by atoms with van der Waals surface area (Å²) in [6.45, 7) is 2.92. The summed E-state index contributed by atoms with van der Waals surface area (Å²) < 4.78 is 5.36. The van der Waals surface area contributed by atoms with Gasteiger partial charge in [-0.25, -0.2) is 0 Å². The summed E-state index contributed by atoms with van der Waals surface area (Å²) >= 11 is 0. The third-order valence-corrected chi connectivity index (χ3v) is 3.47. The molecule has 1 atom stereocenters. The molecule has 0 aliphatic carbocycles. The number of nitrogens with one attached hydrogen (secondary N) is 2. The number of aromatic nitrogens is 1. The number of pyridine rings is 1. The molecule has 5 heteroatoms. The fourth-order valence-electron chi connectivity index (χ4n) is 2.26. The summed E-state index contributed by atoms with van der Waals surface area (Å²) in [6.07, 6.45) is 3.61. The van der Waals surface area contributed by atoms with Crippen molar-refractivity contribution in [3.8, 4) is 5.75 Å². The van der Waals surface area contributed by atoms with Gasteiger partial charge in [-0.2, -0.15) is 0 Å². The second-order valence-electron chi connectivity index (χ2n) is 5.06. The summed E-state index contributed by atoms with van der Waals surface area (Å²) in [6, 6.07) is 9.98. The van der Waals surface area contributed by atoms with Gasteiger partial charge in [-0.15, -0.1) is 0 Å². The highest BCUT2D eigenvalue weighted by atomic mass is 16.5. The molecule has 2 heterocycles. The van der Waals surface area contributed by atoms with Crippen LogP contribution in [0.5, 0.6) is 5.75 Å². The lowest BCUT2D eigenvalue weighted by Crippen LogP contribution is -2.26. The van der Waals surface area contributed by atoms with E-state index in [1.54, 1.807) is 6.20 Å². The van der Waals surface area contributed by atoms with Crippen molar-refractivity contribution in [3.05, 3.63) is 53.9 Å². The number of anilines is 1. The molecule has 1 aromatic heterocycles. The fraction of sp³-hybridized carbons (Fsp3) is 0.250. The molecule has 0 saturated carbocycles. The minimum absolute atomic E-state index is 0.0845. The van der Waals surface area contributed by atoms with Gasteiger partial charge >= 0.3 is 0 Å². The normalized spacial score (nSPS) is 14.8. The number of hydrogen-bond acceptors (Lipinski definition) is 4. The summed E-state index contributed by atoms with van der Waals surface area (Å²) in [5, 5.41) is 6.27. The topological polar surface area (TPSA) is 63.2 Å². The molecule has 21 heavy (non-hydrogen) atoms. The molecule has 0 spiro atoms. The van der Waals surface area contributed by atoms with E-state index >= 15 is 0 Å². The first-order valence-electron chi connectivity index (χ1n) is 6.91. The Morgan fingerprint density at radius 1 is 1.43 bits per heavy atom. The summed E-state index contributed by atoms with van der Waals surface area (Å²) in [5.41, 5.74) is 2.97. The van der Waals surface area contributed by atoms with Crippen molar-refractivity contribution in [1.82, 2.24) is 10.3 Å². The minimum atomic E-state index is -0.115. The lowest BCUT2D eigenvalue weighted by atomic mass is 10.1. The van der Waals surface area contributed by atoms with Crippen LogP contribution in [0.2, 0.25) is 0 Å². The Morgan fingerprint density at radius 3 is 3.14 bits per heavy atom. The molecular weight excluding hydrogens is 266 g/mol. The molecule has 0 fully saturated rings. The van der Waals surface area contributed by atoms with Crippen molar-refractivity contribution in [1.29, 1.82) is 0 Å². The van der Waals surface area contributed by atoms with Crippen LogP contribution in [0.1, 0.15) is 24.1 Å².